The van der Waals surface area contributed by atoms with E-state index in [2.05, 4.69) is 5.32 Å². The van der Waals surface area contributed by atoms with Gasteiger partial charge in [-0.3, -0.25) is 4.79 Å². The molecule has 0 aliphatic heterocycles. The van der Waals surface area contributed by atoms with Gasteiger partial charge in [-0.25, -0.2) is 9.59 Å². The van der Waals surface area contributed by atoms with E-state index in [1.54, 1.807) is 5.32 Å². The van der Waals surface area contributed by atoms with Crippen molar-refractivity contribution < 1.29 is 37.4 Å². The monoisotopic (exact) mass is 490 g/mol. The number of benzene rings is 2. The van der Waals surface area contributed by atoms with Crippen LogP contribution in [0.1, 0.15) is 42.7 Å². The minimum absolute atomic E-state index is 0.0542. The van der Waals surface area contributed by atoms with Crippen molar-refractivity contribution in [2.45, 2.75) is 49.9 Å². The Balaban J connectivity index is 1.40. The number of carboxylic acid groups (broad SMARTS) is 1. The van der Waals surface area contributed by atoms with E-state index in [-0.39, 0.29) is 18.9 Å². The first-order chi connectivity index (χ1) is 16.7. The Labute approximate surface area is 199 Å². The Morgan fingerprint density at radius 1 is 0.971 bits per heavy atom. The maximum atomic E-state index is 13.0. The highest BCUT2D eigenvalue weighted by atomic mass is 19.4. The highest BCUT2D eigenvalue weighted by Crippen LogP contribution is 2.44. The number of carboxylic acids is 1. The van der Waals surface area contributed by atoms with Crippen molar-refractivity contribution in [2.24, 2.45) is 5.92 Å². The summed E-state index contributed by atoms with van der Waals surface area (Å²) in [7, 11) is 0. The van der Waals surface area contributed by atoms with Crippen molar-refractivity contribution in [3.05, 3.63) is 59.7 Å². The van der Waals surface area contributed by atoms with Crippen LogP contribution >= 0.6 is 0 Å². The Bertz CT molecular complexity index is 1070. The molecule has 2 aliphatic rings. The summed E-state index contributed by atoms with van der Waals surface area (Å²) in [6.45, 7) is 0.0542. The maximum absolute atomic E-state index is 13.0. The number of nitrogens with one attached hydrogen (secondary N) is 2. The number of carbonyl (C=O) groups is 3. The third-order valence-electron chi connectivity index (χ3n) is 6.61. The first-order valence-electron chi connectivity index (χ1n) is 11.4. The van der Waals surface area contributed by atoms with Gasteiger partial charge in [0.05, 0.1) is 5.92 Å². The molecule has 3 atom stereocenters. The first-order valence-corrected chi connectivity index (χ1v) is 11.4. The summed E-state index contributed by atoms with van der Waals surface area (Å²) in [5, 5.41) is 13.0. The molecule has 7 nitrogen and oxygen atoms in total. The van der Waals surface area contributed by atoms with Crippen LogP contribution in [0.25, 0.3) is 11.1 Å². The normalized spacial score (nSPS) is 20.3. The van der Waals surface area contributed by atoms with Crippen LogP contribution in [0.15, 0.2) is 48.5 Å². The molecule has 4 rings (SSSR count). The van der Waals surface area contributed by atoms with Gasteiger partial charge >= 0.3 is 18.2 Å². The average Bonchev–Trinajstić information content (AvgIpc) is 3.14. The van der Waals surface area contributed by atoms with Gasteiger partial charge in [-0.15, -0.1) is 0 Å². The molecule has 186 valence electrons. The molecule has 0 aromatic heterocycles. The second kappa shape index (κ2) is 9.97. The van der Waals surface area contributed by atoms with Crippen LogP contribution in [0.5, 0.6) is 0 Å². The van der Waals surface area contributed by atoms with Crippen molar-refractivity contribution in [3.63, 3.8) is 0 Å². The number of alkyl halides is 3. The Kier molecular flexibility index (Phi) is 7.00. The quantitative estimate of drug-likeness (QED) is 0.563. The van der Waals surface area contributed by atoms with E-state index in [1.165, 1.54) is 0 Å². The van der Waals surface area contributed by atoms with Crippen LogP contribution in [-0.4, -0.2) is 47.9 Å². The van der Waals surface area contributed by atoms with Gasteiger partial charge in [0, 0.05) is 12.0 Å². The summed E-state index contributed by atoms with van der Waals surface area (Å²) < 4.78 is 44.4. The van der Waals surface area contributed by atoms with Crippen LogP contribution < -0.4 is 10.6 Å². The molecule has 1 saturated carbocycles. The van der Waals surface area contributed by atoms with Gasteiger partial charge in [0.2, 0.25) is 11.9 Å². The van der Waals surface area contributed by atoms with Crippen molar-refractivity contribution in [1.29, 1.82) is 0 Å². The van der Waals surface area contributed by atoms with E-state index in [4.69, 9.17) is 9.84 Å². The molecule has 3 N–H and O–H groups in total. The minimum atomic E-state index is -5.13. The number of halogens is 3. The molecule has 2 amide bonds. The van der Waals surface area contributed by atoms with E-state index in [0.717, 1.165) is 22.3 Å². The number of hydrogen-bond donors (Lipinski definition) is 3. The molecule has 2 aliphatic carbocycles. The number of alkyl carbamates (subject to hydrolysis) is 1. The fraction of sp³-hybridized carbons (Fsp3) is 0.400. The second-order valence-electron chi connectivity index (χ2n) is 8.79. The number of ether oxygens (including phenoxy) is 1. The highest BCUT2D eigenvalue weighted by molar-refractivity contribution is 5.86. The third kappa shape index (κ3) is 5.26. The Morgan fingerprint density at radius 2 is 1.54 bits per heavy atom. The number of carbonyl (C=O) groups excluding carboxylic acids is 2. The maximum Gasteiger partial charge on any atom is 0.419 e. The minimum Gasteiger partial charge on any atom is -0.479 e. The van der Waals surface area contributed by atoms with E-state index < -0.39 is 42.1 Å². The van der Waals surface area contributed by atoms with Crippen molar-refractivity contribution >= 4 is 18.0 Å². The van der Waals surface area contributed by atoms with Crippen LogP contribution in [0, 0.1) is 5.92 Å². The third-order valence-corrected chi connectivity index (χ3v) is 6.61. The molecule has 1 fully saturated rings. The van der Waals surface area contributed by atoms with Crippen molar-refractivity contribution in [2.75, 3.05) is 6.61 Å². The van der Waals surface area contributed by atoms with Gasteiger partial charge < -0.3 is 20.5 Å². The lowest BCUT2D eigenvalue weighted by molar-refractivity contribution is -0.182. The molecule has 35 heavy (non-hydrogen) atoms. The molecule has 10 heteroatoms. The number of hydrogen-bond acceptors (Lipinski definition) is 4. The molecule has 0 heterocycles. The smallest absolute Gasteiger partial charge is 0.419 e. The lowest BCUT2D eigenvalue weighted by Crippen LogP contribution is -2.55. The number of aliphatic carboxylic acids is 1. The number of amides is 2. The van der Waals surface area contributed by atoms with Gasteiger partial charge in [-0.1, -0.05) is 61.4 Å². The van der Waals surface area contributed by atoms with Gasteiger partial charge in [0.1, 0.15) is 6.61 Å². The summed E-state index contributed by atoms with van der Waals surface area (Å²) in [6.07, 6.45) is -4.07. The molecule has 0 bridgehead atoms. The fourth-order valence-corrected chi connectivity index (χ4v) is 4.94. The summed E-state index contributed by atoms with van der Waals surface area (Å²) in [5.41, 5.74) is 4.20. The largest absolute Gasteiger partial charge is 0.479 e. The fourth-order valence-electron chi connectivity index (χ4n) is 4.94. The Morgan fingerprint density at radius 3 is 2.11 bits per heavy atom. The number of rotatable bonds is 6. The highest BCUT2D eigenvalue weighted by Gasteiger charge is 2.47. The van der Waals surface area contributed by atoms with Crippen molar-refractivity contribution in [3.8, 4) is 11.1 Å². The summed E-state index contributed by atoms with van der Waals surface area (Å²) in [4.78, 5) is 36.1. The topological polar surface area (TPSA) is 105 Å². The molecule has 2 aromatic carbocycles. The molecule has 3 unspecified atom stereocenters. The number of fused-ring (bicyclic) bond motifs is 3. The Hall–Kier alpha value is -3.56. The molecular formula is C25H25F3N2O5. The van der Waals surface area contributed by atoms with Crippen LogP contribution in [-0.2, 0) is 14.3 Å². The van der Waals surface area contributed by atoms with Crippen LogP contribution in [0.3, 0.4) is 0 Å². The second-order valence-corrected chi connectivity index (χ2v) is 8.79. The summed E-state index contributed by atoms with van der Waals surface area (Å²) >= 11 is 0. The van der Waals surface area contributed by atoms with E-state index >= 15 is 0 Å². The zero-order valence-electron chi connectivity index (χ0n) is 18.7. The van der Waals surface area contributed by atoms with Crippen LogP contribution in [0.2, 0.25) is 0 Å². The van der Waals surface area contributed by atoms with Crippen molar-refractivity contribution in [1.82, 2.24) is 10.6 Å². The van der Waals surface area contributed by atoms with Gasteiger partial charge in [-0.05, 0) is 35.1 Å². The molecule has 2 aromatic rings. The SMILES string of the molecule is O=C(NC1CCCCC1C(=O)NC(C(=O)O)C(F)(F)F)OCC1c2ccccc2-c2ccccc21. The van der Waals surface area contributed by atoms with Crippen LogP contribution in [0.4, 0.5) is 18.0 Å². The molecule has 0 saturated heterocycles. The average molecular weight is 490 g/mol. The van der Waals surface area contributed by atoms with Gasteiger partial charge in [0.25, 0.3) is 0 Å². The predicted octanol–water partition coefficient (Wildman–Crippen LogP) is 4.22. The first kappa shape index (κ1) is 24.6. The summed E-state index contributed by atoms with van der Waals surface area (Å²) in [6, 6.07) is 11.9. The molecule has 0 radical (unpaired) electrons. The zero-order valence-corrected chi connectivity index (χ0v) is 18.7. The lowest BCUT2D eigenvalue weighted by atomic mass is 9.83. The molecular weight excluding hydrogens is 465 g/mol. The predicted molar refractivity (Wildman–Crippen MR) is 120 cm³/mol. The van der Waals surface area contributed by atoms with Gasteiger partial charge in [0.15, 0.2) is 0 Å². The molecule has 0 spiro atoms. The summed E-state index contributed by atoms with van der Waals surface area (Å²) in [5.74, 6) is -4.41. The standard InChI is InChI=1S/C25H25F3N2O5/c26-25(27,28)21(23(32)33)30-22(31)18-11-5-6-12-20(18)29-24(34)35-13-19-16-9-3-1-7-14(16)15-8-2-4-10-17(15)19/h1-4,7-10,18-21H,5-6,11-13H2,(H,29,34)(H,30,31)(H,32,33). The zero-order chi connectivity index (χ0) is 25.2. The van der Waals surface area contributed by atoms with E-state index in [1.807, 2.05) is 48.5 Å². The van der Waals surface area contributed by atoms with Gasteiger partial charge in [-0.2, -0.15) is 13.2 Å². The van der Waals surface area contributed by atoms with E-state index in [0.29, 0.717) is 19.3 Å². The van der Waals surface area contributed by atoms with E-state index in [9.17, 15) is 27.6 Å². The lowest BCUT2D eigenvalue weighted by Gasteiger charge is -2.32.